The van der Waals surface area contributed by atoms with Crippen molar-refractivity contribution in [2.45, 2.75) is 76.4 Å². The van der Waals surface area contributed by atoms with Crippen molar-refractivity contribution in [2.75, 3.05) is 6.61 Å². The summed E-state index contributed by atoms with van der Waals surface area (Å²) in [5, 5.41) is 10.1. The Labute approximate surface area is 205 Å². The number of nitrogens with zero attached hydrogens (tertiary/aromatic N) is 1. The number of aliphatic hydroxyl groups excluding tert-OH is 1. The number of carbonyl (C=O) groups is 1. The van der Waals surface area contributed by atoms with Crippen LogP contribution in [-0.2, 0) is 22.4 Å². The van der Waals surface area contributed by atoms with Gasteiger partial charge in [0.1, 0.15) is 17.7 Å². The zero-order valence-electron chi connectivity index (χ0n) is 20.3. The summed E-state index contributed by atoms with van der Waals surface area (Å²) in [6, 6.07) is 8.01. The number of cyclic esters (lactones) is 1. The molecule has 3 heterocycles. The summed E-state index contributed by atoms with van der Waals surface area (Å²) in [7, 11) is 0. The van der Waals surface area contributed by atoms with E-state index in [9.17, 15) is 14.3 Å². The summed E-state index contributed by atoms with van der Waals surface area (Å²) in [6.45, 7) is 4.83. The number of carbonyl (C=O) groups excluding carboxylic acids is 1. The average Bonchev–Trinajstić information content (AvgIpc) is 3.01. The number of fused-ring (bicyclic) bond motifs is 3. The third-order valence-electron chi connectivity index (χ3n) is 7.15. The lowest BCUT2D eigenvalue weighted by Gasteiger charge is -2.29. The van der Waals surface area contributed by atoms with Gasteiger partial charge >= 0.3 is 5.97 Å². The van der Waals surface area contributed by atoms with Crippen LogP contribution < -0.4 is 4.74 Å². The van der Waals surface area contributed by atoms with E-state index >= 15 is 0 Å². The number of hydrogen-bond acceptors (Lipinski definition) is 5. The Balaban J connectivity index is 1.63. The number of pyridine rings is 1. The zero-order valence-corrected chi connectivity index (χ0v) is 20.3. The molecule has 0 radical (unpaired) electrons. The van der Waals surface area contributed by atoms with Crippen molar-refractivity contribution in [3.8, 4) is 17.0 Å². The number of hydrogen-bond donors (Lipinski definition) is 1. The molecule has 3 aliphatic rings. The lowest BCUT2D eigenvalue weighted by atomic mass is 9.79. The molecule has 2 aromatic rings. The number of benzene rings is 1. The maximum atomic E-state index is 13.9. The van der Waals surface area contributed by atoms with Crippen LogP contribution in [0.5, 0.6) is 5.75 Å². The Kier molecular flexibility index (Phi) is 6.74. The second-order valence-corrected chi connectivity index (χ2v) is 10.0. The van der Waals surface area contributed by atoms with Crippen LogP contribution in [0.1, 0.15) is 73.8 Å². The zero-order chi connectivity index (χ0) is 24.5. The third-order valence-corrected chi connectivity index (χ3v) is 7.15. The number of aromatic nitrogens is 1. The number of allylic oxidation sites excluding steroid dienone is 4. The summed E-state index contributed by atoms with van der Waals surface area (Å²) in [5.41, 5.74) is 6.45. The predicted molar refractivity (Wildman–Crippen MR) is 132 cm³/mol. The highest BCUT2D eigenvalue weighted by atomic mass is 19.1. The summed E-state index contributed by atoms with van der Waals surface area (Å²) in [4.78, 5) is 17.1. The average molecular weight is 478 g/mol. The molecule has 5 rings (SSSR count). The van der Waals surface area contributed by atoms with Gasteiger partial charge in [0, 0.05) is 30.0 Å². The summed E-state index contributed by atoms with van der Waals surface area (Å²) in [5.74, 6) is 0.486. The van der Waals surface area contributed by atoms with Gasteiger partial charge in [-0.25, -0.2) is 4.39 Å². The molecule has 184 valence electrons. The molecule has 0 saturated carbocycles. The maximum absolute atomic E-state index is 13.9. The highest BCUT2D eigenvalue weighted by Crippen LogP contribution is 2.43. The fourth-order valence-corrected chi connectivity index (χ4v) is 5.57. The highest BCUT2D eigenvalue weighted by molar-refractivity contribution is 5.74. The minimum Gasteiger partial charge on any atom is -0.493 e. The van der Waals surface area contributed by atoms with Crippen LogP contribution in [0, 0.1) is 0 Å². The van der Waals surface area contributed by atoms with Crippen LogP contribution in [0.4, 0.5) is 4.39 Å². The van der Waals surface area contributed by atoms with Crippen molar-refractivity contribution in [1.82, 2.24) is 4.98 Å². The van der Waals surface area contributed by atoms with E-state index in [4.69, 9.17) is 14.5 Å². The first-order valence-corrected chi connectivity index (χ1v) is 12.6. The van der Waals surface area contributed by atoms with E-state index in [1.165, 1.54) is 5.56 Å². The fraction of sp³-hybridized carbons (Fsp3) is 0.448. The van der Waals surface area contributed by atoms with E-state index in [0.717, 1.165) is 33.8 Å². The van der Waals surface area contributed by atoms with Gasteiger partial charge in [0.05, 0.1) is 24.8 Å². The summed E-state index contributed by atoms with van der Waals surface area (Å²) in [6.07, 6.45) is 7.29. The number of para-hydroxylation sites is 1. The molecule has 1 saturated heterocycles. The standard InChI is InChI=1S/C29H32FNO4/c1-17(2)28-23(12-11-21-15-20(32)16-26(33)35-21)27(18-7-9-19(30)10-8-18)24-13-14-34-25-6-4-3-5-22(25)29(24)31-28/h3-7,9-10,17-18,20-21,32H,8,11-16H2,1-2H3/t18?,20-,21-/m1/s1. The van der Waals surface area contributed by atoms with Gasteiger partial charge in [-0.1, -0.05) is 32.1 Å². The molecule has 1 N–H and O–H groups in total. The number of halogens is 1. The van der Waals surface area contributed by atoms with E-state index in [2.05, 4.69) is 19.9 Å². The molecule has 1 aromatic carbocycles. The predicted octanol–water partition coefficient (Wildman–Crippen LogP) is 5.70. The van der Waals surface area contributed by atoms with Crippen LogP contribution in [0.25, 0.3) is 11.3 Å². The van der Waals surface area contributed by atoms with E-state index in [-0.39, 0.29) is 36.2 Å². The van der Waals surface area contributed by atoms with Crippen LogP contribution in [0.2, 0.25) is 0 Å². The van der Waals surface area contributed by atoms with Crippen molar-refractivity contribution >= 4 is 5.97 Å². The van der Waals surface area contributed by atoms with E-state index in [0.29, 0.717) is 38.7 Å². The van der Waals surface area contributed by atoms with E-state index in [1.54, 1.807) is 12.2 Å². The van der Waals surface area contributed by atoms with Crippen molar-refractivity contribution in [3.05, 3.63) is 70.7 Å². The van der Waals surface area contributed by atoms with Gasteiger partial charge in [-0.15, -0.1) is 0 Å². The van der Waals surface area contributed by atoms with Gasteiger partial charge in [-0.2, -0.15) is 0 Å². The smallest absolute Gasteiger partial charge is 0.308 e. The summed E-state index contributed by atoms with van der Waals surface area (Å²) >= 11 is 0. The quantitative estimate of drug-likeness (QED) is 0.559. The van der Waals surface area contributed by atoms with Crippen LogP contribution in [0.3, 0.4) is 0 Å². The maximum Gasteiger partial charge on any atom is 0.308 e. The minimum atomic E-state index is -0.654. The monoisotopic (exact) mass is 477 g/mol. The Morgan fingerprint density at radius 3 is 2.83 bits per heavy atom. The lowest BCUT2D eigenvalue weighted by Crippen LogP contribution is -2.33. The molecule has 1 aromatic heterocycles. The van der Waals surface area contributed by atoms with Gasteiger partial charge in [0.15, 0.2) is 0 Å². The molecule has 1 unspecified atom stereocenters. The van der Waals surface area contributed by atoms with Gasteiger partial charge in [-0.3, -0.25) is 9.78 Å². The summed E-state index contributed by atoms with van der Waals surface area (Å²) < 4.78 is 25.6. The number of esters is 1. The number of rotatable bonds is 5. The lowest BCUT2D eigenvalue weighted by molar-refractivity contribution is -0.160. The van der Waals surface area contributed by atoms with Crippen LogP contribution in [-0.4, -0.2) is 34.9 Å². The SMILES string of the molecule is CC(C)c1nc2c(c(C3C=CC(F)=CC3)c1CC[C@@H]1C[C@@H](O)CC(=O)O1)CCOc1ccccc1-2. The molecule has 35 heavy (non-hydrogen) atoms. The van der Waals surface area contributed by atoms with Crippen LogP contribution in [0.15, 0.2) is 48.3 Å². The number of aliphatic hydroxyl groups is 1. The topological polar surface area (TPSA) is 68.7 Å². The first kappa shape index (κ1) is 23.7. The Morgan fingerprint density at radius 2 is 2.09 bits per heavy atom. The highest BCUT2D eigenvalue weighted by Gasteiger charge is 2.31. The van der Waals surface area contributed by atoms with Crippen molar-refractivity contribution in [1.29, 1.82) is 0 Å². The van der Waals surface area contributed by atoms with Crippen molar-refractivity contribution in [2.24, 2.45) is 0 Å². The Hall–Kier alpha value is -2.99. The molecule has 5 nitrogen and oxygen atoms in total. The Morgan fingerprint density at radius 1 is 1.26 bits per heavy atom. The molecule has 6 heteroatoms. The molecular formula is C29H32FNO4. The first-order chi connectivity index (χ1) is 16.9. The molecular weight excluding hydrogens is 445 g/mol. The Bertz CT molecular complexity index is 1190. The molecule has 0 amide bonds. The fourth-order valence-electron chi connectivity index (χ4n) is 5.57. The normalized spacial score (nSPS) is 23.6. The molecule has 1 aliphatic carbocycles. The van der Waals surface area contributed by atoms with Gasteiger partial charge in [-0.05, 0) is 66.2 Å². The number of ether oxygens (including phenoxy) is 2. The minimum absolute atomic E-state index is 0.0310. The van der Waals surface area contributed by atoms with Crippen molar-refractivity contribution < 1.29 is 23.8 Å². The molecule has 2 aliphatic heterocycles. The molecule has 3 atom stereocenters. The second kappa shape index (κ2) is 9.94. The molecule has 0 bridgehead atoms. The van der Waals surface area contributed by atoms with Crippen molar-refractivity contribution in [3.63, 3.8) is 0 Å². The van der Waals surface area contributed by atoms with Gasteiger partial charge in [0.25, 0.3) is 0 Å². The molecule has 1 fully saturated rings. The first-order valence-electron chi connectivity index (χ1n) is 12.6. The van der Waals surface area contributed by atoms with Gasteiger partial charge < -0.3 is 14.6 Å². The van der Waals surface area contributed by atoms with E-state index < -0.39 is 6.10 Å². The third kappa shape index (κ3) is 4.90. The molecule has 0 spiro atoms. The van der Waals surface area contributed by atoms with Crippen LogP contribution >= 0.6 is 0 Å². The van der Waals surface area contributed by atoms with E-state index in [1.807, 2.05) is 24.3 Å². The van der Waals surface area contributed by atoms with Gasteiger partial charge in [0.2, 0.25) is 0 Å². The second-order valence-electron chi connectivity index (χ2n) is 10.0. The largest absolute Gasteiger partial charge is 0.493 e.